The zero-order valence-corrected chi connectivity index (χ0v) is 12.2. The lowest BCUT2D eigenvalue weighted by Gasteiger charge is -2.27. The van der Waals surface area contributed by atoms with E-state index in [1.807, 2.05) is 18.2 Å². The number of carbonyl (C=O) groups excluding carboxylic acids is 1. The highest BCUT2D eigenvalue weighted by atomic mass is 16.4. The van der Waals surface area contributed by atoms with E-state index in [2.05, 4.69) is 10.2 Å². The second-order valence-electron chi connectivity index (χ2n) is 5.75. The Kier molecular flexibility index (Phi) is 4.04. The highest BCUT2D eigenvalue weighted by Gasteiger charge is 2.35. The first-order chi connectivity index (χ1) is 10.7. The molecular formula is C17H18N2O3. The molecule has 3 rings (SSSR count). The van der Waals surface area contributed by atoms with Crippen LogP contribution in [0.15, 0.2) is 36.5 Å². The zero-order chi connectivity index (χ0) is 15.5. The van der Waals surface area contributed by atoms with Crippen molar-refractivity contribution in [2.45, 2.75) is 25.7 Å². The van der Waals surface area contributed by atoms with E-state index >= 15 is 0 Å². The van der Waals surface area contributed by atoms with E-state index in [1.165, 1.54) is 0 Å². The van der Waals surface area contributed by atoms with E-state index in [-0.39, 0.29) is 5.78 Å². The third kappa shape index (κ3) is 2.79. The molecule has 2 N–H and O–H groups in total. The van der Waals surface area contributed by atoms with Gasteiger partial charge in [-0.2, -0.15) is 5.10 Å². The lowest BCUT2D eigenvalue weighted by Crippen LogP contribution is -2.32. The molecule has 2 atom stereocenters. The fourth-order valence-electron chi connectivity index (χ4n) is 3.19. The summed E-state index contributed by atoms with van der Waals surface area (Å²) in [6.45, 7) is 0. The number of carboxylic acids is 1. The number of nitrogens with one attached hydrogen (secondary N) is 1. The third-order valence-electron chi connectivity index (χ3n) is 4.40. The first kappa shape index (κ1) is 14.5. The maximum atomic E-state index is 12.6. The van der Waals surface area contributed by atoms with Gasteiger partial charge >= 0.3 is 5.97 Å². The normalized spacial score (nSPS) is 21.5. The van der Waals surface area contributed by atoms with E-state index in [1.54, 1.807) is 18.3 Å². The monoisotopic (exact) mass is 298 g/mol. The van der Waals surface area contributed by atoms with Crippen LogP contribution in [0.1, 0.15) is 36.0 Å². The summed E-state index contributed by atoms with van der Waals surface area (Å²) in [4.78, 5) is 24.0. The summed E-state index contributed by atoms with van der Waals surface area (Å²) in [6, 6.07) is 9.12. The highest BCUT2D eigenvalue weighted by molar-refractivity contribution is 6.00. The summed E-state index contributed by atoms with van der Waals surface area (Å²) in [7, 11) is 0. The molecule has 1 saturated carbocycles. The minimum Gasteiger partial charge on any atom is -0.481 e. The lowest BCUT2D eigenvalue weighted by molar-refractivity contribution is -0.144. The van der Waals surface area contributed by atoms with Gasteiger partial charge in [0.05, 0.1) is 11.6 Å². The van der Waals surface area contributed by atoms with Crippen molar-refractivity contribution in [1.29, 1.82) is 0 Å². The second-order valence-corrected chi connectivity index (χ2v) is 5.75. The fourth-order valence-corrected chi connectivity index (χ4v) is 3.19. The van der Waals surface area contributed by atoms with Crippen LogP contribution in [0.4, 0.5) is 0 Å². The Morgan fingerprint density at radius 1 is 1.05 bits per heavy atom. The molecule has 114 valence electrons. The van der Waals surface area contributed by atoms with Gasteiger partial charge in [-0.25, -0.2) is 0 Å². The zero-order valence-electron chi connectivity index (χ0n) is 12.2. The molecule has 1 aliphatic rings. The van der Waals surface area contributed by atoms with Gasteiger partial charge in [-0.15, -0.1) is 0 Å². The number of rotatable bonds is 4. The van der Waals surface area contributed by atoms with Crippen molar-refractivity contribution < 1.29 is 14.7 Å². The van der Waals surface area contributed by atoms with Crippen molar-refractivity contribution in [2.24, 2.45) is 11.8 Å². The van der Waals surface area contributed by atoms with E-state index < -0.39 is 17.8 Å². The van der Waals surface area contributed by atoms with Gasteiger partial charge in [0.1, 0.15) is 0 Å². The van der Waals surface area contributed by atoms with Crippen LogP contribution in [-0.2, 0) is 4.79 Å². The van der Waals surface area contributed by atoms with Gasteiger partial charge in [-0.1, -0.05) is 37.1 Å². The van der Waals surface area contributed by atoms with Crippen LogP contribution in [-0.4, -0.2) is 27.1 Å². The Labute approximate surface area is 128 Å². The summed E-state index contributed by atoms with van der Waals surface area (Å²) in [5.74, 6) is -1.85. The highest BCUT2D eigenvalue weighted by Crippen LogP contribution is 2.33. The van der Waals surface area contributed by atoms with Gasteiger partial charge < -0.3 is 5.11 Å². The van der Waals surface area contributed by atoms with E-state index in [0.29, 0.717) is 18.4 Å². The van der Waals surface area contributed by atoms with Gasteiger partial charge in [0.25, 0.3) is 0 Å². The van der Waals surface area contributed by atoms with Crippen LogP contribution in [0.3, 0.4) is 0 Å². The first-order valence-electron chi connectivity index (χ1n) is 7.53. The molecule has 2 aromatic rings. The molecule has 0 bridgehead atoms. The second kappa shape index (κ2) is 6.13. The van der Waals surface area contributed by atoms with Gasteiger partial charge in [-0.05, 0) is 24.5 Å². The van der Waals surface area contributed by atoms with E-state index in [9.17, 15) is 14.7 Å². The Morgan fingerprint density at radius 2 is 1.73 bits per heavy atom. The number of hydrogen-bond donors (Lipinski definition) is 2. The number of Topliss-reactive ketones (excluding diaryl/α,β-unsaturated/α-hetero) is 1. The predicted octanol–water partition coefficient (Wildman–Crippen LogP) is 3.15. The van der Waals surface area contributed by atoms with Crippen LogP contribution in [0, 0.1) is 11.8 Å². The Morgan fingerprint density at radius 3 is 2.32 bits per heavy atom. The number of ketones is 1. The van der Waals surface area contributed by atoms with Crippen molar-refractivity contribution in [1.82, 2.24) is 10.2 Å². The standard InChI is InChI=1S/C17H18N2O3/c20-16(13-3-1-2-4-14(13)17(21)22)12-7-5-11(6-8-12)15-9-10-18-19-15/h5-10,13-14H,1-4H2,(H,18,19)(H,21,22)/t13-,14-/m1/s1. The molecule has 1 heterocycles. The number of benzene rings is 1. The summed E-state index contributed by atoms with van der Waals surface area (Å²) < 4.78 is 0. The topological polar surface area (TPSA) is 83.0 Å². The molecule has 5 heteroatoms. The average molecular weight is 298 g/mol. The Bertz CT molecular complexity index is 662. The molecule has 0 unspecified atom stereocenters. The number of aromatic amines is 1. The van der Waals surface area contributed by atoms with Gasteiger partial charge in [0.15, 0.2) is 5.78 Å². The molecule has 0 radical (unpaired) electrons. The number of carboxylic acid groups (broad SMARTS) is 1. The number of nitrogens with zero attached hydrogens (tertiary/aromatic N) is 1. The number of hydrogen-bond acceptors (Lipinski definition) is 3. The number of carbonyl (C=O) groups is 2. The van der Waals surface area contributed by atoms with Crippen molar-refractivity contribution in [2.75, 3.05) is 0 Å². The number of H-pyrrole nitrogens is 1. The van der Waals surface area contributed by atoms with E-state index in [0.717, 1.165) is 24.1 Å². The quantitative estimate of drug-likeness (QED) is 0.849. The average Bonchev–Trinajstić information content (AvgIpc) is 3.09. The SMILES string of the molecule is O=C(O)[C@@H]1CCCC[C@H]1C(=O)c1ccc(-c2ccn[nH]2)cc1. The molecule has 0 amide bonds. The Balaban J connectivity index is 1.81. The minimum absolute atomic E-state index is 0.0525. The maximum absolute atomic E-state index is 12.6. The molecular weight excluding hydrogens is 280 g/mol. The minimum atomic E-state index is -0.855. The third-order valence-corrected chi connectivity index (χ3v) is 4.40. The first-order valence-corrected chi connectivity index (χ1v) is 7.53. The molecule has 1 aromatic heterocycles. The molecule has 5 nitrogen and oxygen atoms in total. The molecule has 1 fully saturated rings. The van der Waals surface area contributed by atoms with Crippen LogP contribution in [0.25, 0.3) is 11.3 Å². The maximum Gasteiger partial charge on any atom is 0.307 e. The van der Waals surface area contributed by atoms with Crippen molar-refractivity contribution >= 4 is 11.8 Å². The van der Waals surface area contributed by atoms with Gasteiger partial charge in [0.2, 0.25) is 0 Å². The molecule has 0 spiro atoms. The number of aliphatic carboxylic acids is 1. The molecule has 0 aliphatic heterocycles. The Hall–Kier alpha value is -2.43. The van der Waals surface area contributed by atoms with Crippen molar-refractivity contribution in [3.05, 3.63) is 42.1 Å². The smallest absolute Gasteiger partial charge is 0.307 e. The van der Waals surface area contributed by atoms with Crippen LogP contribution < -0.4 is 0 Å². The fraction of sp³-hybridized carbons (Fsp3) is 0.353. The van der Waals surface area contributed by atoms with Gasteiger partial charge in [-0.3, -0.25) is 14.7 Å². The van der Waals surface area contributed by atoms with Crippen LogP contribution in [0.5, 0.6) is 0 Å². The summed E-state index contributed by atoms with van der Waals surface area (Å²) in [6.07, 6.45) is 4.75. The van der Waals surface area contributed by atoms with Crippen LogP contribution in [0.2, 0.25) is 0 Å². The van der Waals surface area contributed by atoms with Gasteiger partial charge in [0, 0.05) is 17.7 Å². The van der Waals surface area contributed by atoms with Crippen molar-refractivity contribution in [3.8, 4) is 11.3 Å². The summed E-state index contributed by atoms with van der Waals surface area (Å²) in [5, 5.41) is 16.1. The van der Waals surface area contributed by atoms with E-state index in [4.69, 9.17) is 0 Å². The van der Waals surface area contributed by atoms with Crippen LogP contribution >= 0.6 is 0 Å². The summed E-state index contributed by atoms with van der Waals surface area (Å²) >= 11 is 0. The molecule has 1 aromatic carbocycles. The summed E-state index contributed by atoms with van der Waals surface area (Å²) in [5.41, 5.74) is 2.42. The molecule has 22 heavy (non-hydrogen) atoms. The number of aromatic nitrogens is 2. The largest absolute Gasteiger partial charge is 0.481 e. The lowest BCUT2D eigenvalue weighted by atomic mass is 9.75. The predicted molar refractivity (Wildman–Crippen MR) is 81.4 cm³/mol. The molecule has 0 saturated heterocycles. The molecule has 1 aliphatic carbocycles. The van der Waals surface area contributed by atoms with Crippen molar-refractivity contribution in [3.63, 3.8) is 0 Å².